The van der Waals surface area contributed by atoms with E-state index in [1.165, 1.54) is 0 Å². The van der Waals surface area contributed by atoms with Gasteiger partial charge < -0.3 is 4.90 Å². The Morgan fingerprint density at radius 3 is 2.22 bits per heavy atom. The van der Waals surface area contributed by atoms with E-state index in [-0.39, 0.29) is 0 Å². The van der Waals surface area contributed by atoms with E-state index in [1.807, 2.05) is 31.0 Å². The van der Waals surface area contributed by atoms with E-state index >= 15 is 0 Å². The molecule has 0 aliphatic rings. The summed E-state index contributed by atoms with van der Waals surface area (Å²) in [4.78, 5) is 1.86. The highest BCUT2D eigenvalue weighted by atomic mass is 15.1. The molecule has 50 valence electrons. The fraction of sp³-hybridized carbons (Fsp3) is 0.250. The smallest absolute Gasteiger partial charge is 0.0117 e. The zero-order valence-electron chi connectivity index (χ0n) is 6.09. The first-order valence-electron chi connectivity index (χ1n) is 2.91. The SMILES string of the molecule is C=CN(/C=C\C)C(=C)C. The largest absolute Gasteiger partial charge is 0.329 e. The topological polar surface area (TPSA) is 3.24 Å². The Hall–Kier alpha value is -0.980. The number of hydrogen-bond donors (Lipinski definition) is 0. The second-order valence-corrected chi connectivity index (χ2v) is 1.81. The van der Waals surface area contributed by atoms with E-state index in [4.69, 9.17) is 0 Å². The van der Waals surface area contributed by atoms with Gasteiger partial charge in [0.2, 0.25) is 0 Å². The molecule has 0 fully saturated rings. The van der Waals surface area contributed by atoms with Gasteiger partial charge in [-0.05, 0) is 13.8 Å². The molecule has 0 spiro atoms. The van der Waals surface area contributed by atoms with Crippen LogP contribution in [0.4, 0.5) is 0 Å². The molecule has 0 aromatic rings. The molecule has 0 saturated heterocycles. The average Bonchev–Trinajstić information content (AvgIpc) is 1.82. The van der Waals surface area contributed by atoms with Gasteiger partial charge in [-0.3, -0.25) is 0 Å². The van der Waals surface area contributed by atoms with E-state index in [0.29, 0.717) is 0 Å². The lowest BCUT2D eigenvalue weighted by Crippen LogP contribution is -2.03. The number of rotatable bonds is 3. The van der Waals surface area contributed by atoms with Crippen molar-refractivity contribution < 1.29 is 0 Å². The van der Waals surface area contributed by atoms with Crippen LogP contribution >= 0.6 is 0 Å². The Morgan fingerprint density at radius 1 is 1.56 bits per heavy atom. The van der Waals surface area contributed by atoms with Crippen LogP contribution in [0.25, 0.3) is 0 Å². The predicted molar refractivity (Wildman–Crippen MR) is 41.7 cm³/mol. The molecule has 0 bridgehead atoms. The van der Waals surface area contributed by atoms with Crippen molar-refractivity contribution in [1.29, 1.82) is 0 Å². The Kier molecular flexibility index (Phi) is 3.52. The first kappa shape index (κ1) is 8.02. The second-order valence-electron chi connectivity index (χ2n) is 1.81. The van der Waals surface area contributed by atoms with Gasteiger partial charge in [0.15, 0.2) is 0 Å². The van der Waals surface area contributed by atoms with Gasteiger partial charge in [0, 0.05) is 18.1 Å². The van der Waals surface area contributed by atoms with E-state index in [2.05, 4.69) is 13.2 Å². The second kappa shape index (κ2) is 3.96. The third-order valence-corrected chi connectivity index (χ3v) is 0.947. The van der Waals surface area contributed by atoms with E-state index in [1.54, 1.807) is 6.20 Å². The van der Waals surface area contributed by atoms with E-state index < -0.39 is 0 Å². The molecule has 1 nitrogen and oxygen atoms in total. The van der Waals surface area contributed by atoms with Crippen LogP contribution in [0.15, 0.2) is 37.3 Å². The van der Waals surface area contributed by atoms with Crippen LogP contribution in [0.2, 0.25) is 0 Å². The predicted octanol–water partition coefficient (Wildman–Crippen LogP) is 2.50. The normalized spacial score (nSPS) is 9.56. The summed E-state index contributed by atoms with van der Waals surface area (Å²) in [5.74, 6) is 0. The van der Waals surface area contributed by atoms with Crippen LogP contribution in [0, 0.1) is 0 Å². The Balaban J connectivity index is 3.98. The summed E-state index contributed by atoms with van der Waals surface area (Å²) in [5, 5.41) is 0. The highest BCUT2D eigenvalue weighted by Crippen LogP contribution is 1.99. The number of allylic oxidation sites excluding steroid dienone is 2. The molecule has 0 radical (unpaired) electrons. The third kappa shape index (κ3) is 2.75. The molecule has 0 aromatic heterocycles. The van der Waals surface area contributed by atoms with Crippen molar-refractivity contribution >= 4 is 0 Å². The molecule has 0 saturated carbocycles. The fourth-order valence-electron chi connectivity index (χ4n) is 0.505. The third-order valence-electron chi connectivity index (χ3n) is 0.947. The van der Waals surface area contributed by atoms with E-state index in [0.717, 1.165) is 5.70 Å². The van der Waals surface area contributed by atoms with Crippen LogP contribution in [0.1, 0.15) is 13.8 Å². The minimum Gasteiger partial charge on any atom is -0.329 e. The first-order valence-corrected chi connectivity index (χ1v) is 2.91. The maximum Gasteiger partial charge on any atom is 0.0117 e. The lowest BCUT2D eigenvalue weighted by atomic mass is 10.5. The van der Waals surface area contributed by atoms with Crippen molar-refractivity contribution in [2.75, 3.05) is 0 Å². The van der Waals surface area contributed by atoms with Gasteiger partial charge in [0.05, 0.1) is 0 Å². The van der Waals surface area contributed by atoms with Gasteiger partial charge in [-0.25, -0.2) is 0 Å². The van der Waals surface area contributed by atoms with Gasteiger partial charge in [-0.1, -0.05) is 19.2 Å². The molecule has 9 heavy (non-hydrogen) atoms. The molecule has 0 atom stereocenters. The van der Waals surface area contributed by atoms with Crippen molar-refractivity contribution in [2.24, 2.45) is 0 Å². The van der Waals surface area contributed by atoms with Gasteiger partial charge in [0.1, 0.15) is 0 Å². The molecule has 0 unspecified atom stereocenters. The highest BCUT2D eigenvalue weighted by Gasteiger charge is 1.88. The molecule has 0 heterocycles. The zero-order chi connectivity index (χ0) is 7.28. The van der Waals surface area contributed by atoms with Crippen LogP contribution in [-0.4, -0.2) is 4.90 Å². The Labute approximate surface area is 57.0 Å². The van der Waals surface area contributed by atoms with Crippen molar-refractivity contribution in [3.63, 3.8) is 0 Å². The van der Waals surface area contributed by atoms with Crippen LogP contribution in [0.3, 0.4) is 0 Å². The summed E-state index contributed by atoms with van der Waals surface area (Å²) in [5.41, 5.74) is 0.975. The maximum atomic E-state index is 3.75. The lowest BCUT2D eigenvalue weighted by Gasteiger charge is -2.12. The minimum atomic E-state index is 0.975. The van der Waals surface area contributed by atoms with Gasteiger partial charge >= 0.3 is 0 Å². The summed E-state index contributed by atoms with van der Waals surface area (Å²) in [6.45, 7) is 11.3. The first-order chi connectivity index (χ1) is 4.22. The van der Waals surface area contributed by atoms with Gasteiger partial charge in [0.25, 0.3) is 0 Å². The summed E-state index contributed by atoms with van der Waals surface area (Å²) in [7, 11) is 0. The van der Waals surface area contributed by atoms with Crippen molar-refractivity contribution in [3.8, 4) is 0 Å². The van der Waals surface area contributed by atoms with Crippen LogP contribution < -0.4 is 0 Å². The van der Waals surface area contributed by atoms with Gasteiger partial charge in [-0.15, -0.1) is 0 Å². The lowest BCUT2D eigenvalue weighted by molar-refractivity contribution is 0.635. The summed E-state index contributed by atoms with van der Waals surface area (Å²) in [6.07, 6.45) is 5.58. The fourth-order valence-corrected chi connectivity index (χ4v) is 0.505. The molecule has 0 N–H and O–H groups in total. The minimum absolute atomic E-state index is 0.975. The monoisotopic (exact) mass is 123 g/mol. The molecule has 0 rings (SSSR count). The number of nitrogens with zero attached hydrogens (tertiary/aromatic N) is 1. The van der Waals surface area contributed by atoms with Gasteiger partial charge in [-0.2, -0.15) is 0 Å². The van der Waals surface area contributed by atoms with E-state index in [9.17, 15) is 0 Å². The summed E-state index contributed by atoms with van der Waals surface area (Å²) in [6, 6.07) is 0. The number of hydrogen-bond acceptors (Lipinski definition) is 1. The molecule has 0 aromatic carbocycles. The molecule has 0 aliphatic carbocycles. The van der Waals surface area contributed by atoms with Crippen LogP contribution in [0.5, 0.6) is 0 Å². The standard InChI is InChI=1S/C8H13N/c1-5-7-9(6-2)8(3)4/h5-7H,2-3H2,1,4H3/b7-5-. The molecule has 0 aliphatic heterocycles. The Bertz CT molecular complexity index is 134. The van der Waals surface area contributed by atoms with Crippen molar-refractivity contribution in [3.05, 3.63) is 37.3 Å². The van der Waals surface area contributed by atoms with Crippen molar-refractivity contribution in [1.82, 2.24) is 4.90 Å². The maximum absolute atomic E-state index is 3.75. The molecule has 1 heteroatoms. The molecular weight excluding hydrogens is 110 g/mol. The summed E-state index contributed by atoms with van der Waals surface area (Å²) < 4.78 is 0. The highest BCUT2D eigenvalue weighted by molar-refractivity contribution is 5.01. The quantitative estimate of drug-likeness (QED) is 0.557. The zero-order valence-corrected chi connectivity index (χ0v) is 6.09. The Morgan fingerprint density at radius 2 is 2.11 bits per heavy atom. The van der Waals surface area contributed by atoms with Crippen molar-refractivity contribution in [2.45, 2.75) is 13.8 Å². The summed E-state index contributed by atoms with van der Waals surface area (Å²) >= 11 is 0. The van der Waals surface area contributed by atoms with Crippen LogP contribution in [-0.2, 0) is 0 Å². The average molecular weight is 123 g/mol. The molecular formula is C8H13N. The molecule has 0 amide bonds.